The van der Waals surface area contributed by atoms with E-state index in [0.717, 1.165) is 25.0 Å². The number of rotatable bonds is 4. The standard InChI is InChI=1S/C11H10N2O5/c14-10(6-1-2-6)12-7-3-4-8(11(15)16)9(5-7)13(17)18/h3-6H,1-2H2,(H,12,14)(H,15,16). The Labute approximate surface area is 102 Å². The number of benzene rings is 1. The third-order valence-corrected chi connectivity index (χ3v) is 2.64. The average molecular weight is 250 g/mol. The van der Waals surface area contributed by atoms with Gasteiger partial charge in [-0.1, -0.05) is 0 Å². The van der Waals surface area contributed by atoms with Crippen molar-refractivity contribution in [1.82, 2.24) is 0 Å². The maximum absolute atomic E-state index is 11.5. The van der Waals surface area contributed by atoms with Crippen molar-refractivity contribution in [3.05, 3.63) is 33.9 Å². The van der Waals surface area contributed by atoms with Crippen molar-refractivity contribution in [3.63, 3.8) is 0 Å². The number of nitrogens with zero attached hydrogens (tertiary/aromatic N) is 1. The number of amides is 1. The lowest BCUT2D eigenvalue weighted by molar-refractivity contribution is -0.385. The van der Waals surface area contributed by atoms with Gasteiger partial charge in [0.05, 0.1) is 4.92 Å². The predicted molar refractivity (Wildman–Crippen MR) is 61.4 cm³/mol. The van der Waals surface area contributed by atoms with Gasteiger partial charge in [-0.15, -0.1) is 0 Å². The van der Waals surface area contributed by atoms with E-state index < -0.39 is 22.1 Å². The number of carbonyl (C=O) groups is 2. The Morgan fingerprint density at radius 3 is 2.56 bits per heavy atom. The molecule has 1 aliphatic rings. The number of nitro groups is 1. The monoisotopic (exact) mass is 250 g/mol. The fourth-order valence-corrected chi connectivity index (χ4v) is 1.53. The lowest BCUT2D eigenvalue weighted by Gasteiger charge is -2.05. The van der Waals surface area contributed by atoms with E-state index in [1.807, 2.05) is 0 Å². The smallest absolute Gasteiger partial charge is 0.342 e. The van der Waals surface area contributed by atoms with Crippen LogP contribution in [0.5, 0.6) is 0 Å². The van der Waals surface area contributed by atoms with Gasteiger partial charge in [0, 0.05) is 17.7 Å². The molecule has 1 amide bonds. The van der Waals surface area contributed by atoms with Gasteiger partial charge in [0.25, 0.3) is 5.69 Å². The molecule has 94 valence electrons. The fraction of sp³-hybridized carbons (Fsp3) is 0.273. The second kappa shape index (κ2) is 4.44. The minimum atomic E-state index is -1.37. The second-order valence-corrected chi connectivity index (χ2v) is 4.06. The zero-order chi connectivity index (χ0) is 13.3. The molecule has 1 fully saturated rings. The van der Waals surface area contributed by atoms with Crippen LogP contribution in [0.4, 0.5) is 11.4 Å². The summed E-state index contributed by atoms with van der Waals surface area (Å²) < 4.78 is 0. The van der Waals surface area contributed by atoms with Crippen molar-refractivity contribution in [2.24, 2.45) is 5.92 Å². The molecule has 0 atom stereocenters. The van der Waals surface area contributed by atoms with Crippen LogP contribution in [0.1, 0.15) is 23.2 Å². The van der Waals surface area contributed by atoms with Crippen molar-refractivity contribution >= 4 is 23.3 Å². The summed E-state index contributed by atoms with van der Waals surface area (Å²) in [6.45, 7) is 0. The minimum absolute atomic E-state index is 0.0248. The maximum atomic E-state index is 11.5. The van der Waals surface area contributed by atoms with Crippen LogP contribution in [0.15, 0.2) is 18.2 Å². The molecular formula is C11H10N2O5. The normalized spacial score (nSPS) is 14.0. The Kier molecular flexibility index (Phi) is 2.97. The summed E-state index contributed by atoms with van der Waals surface area (Å²) in [7, 11) is 0. The number of anilines is 1. The molecule has 1 aromatic rings. The molecule has 1 aliphatic carbocycles. The van der Waals surface area contributed by atoms with Crippen LogP contribution in [0.3, 0.4) is 0 Å². The highest BCUT2D eigenvalue weighted by Crippen LogP contribution is 2.31. The number of nitrogens with one attached hydrogen (secondary N) is 1. The number of carboxylic acids is 1. The molecule has 0 heterocycles. The van der Waals surface area contributed by atoms with Gasteiger partial charge in [-0.05, 0) is 25.0 Å². The summed E-state index contributed by atoms with van der Waals surface area (Å²) in [5.74, 6) is -1.59. The summed E-state index contributed by atoms with van der Waals surface area (Å²) >= 11 is 0. The van der Waals surface area contributed by atoms with E-state index in [0.29, 0.717) is 0 Å². The summed E-state index contributed by atoms with van der Waals surface area (Å²) in [4.78, 5) is 32.2. The molecule has 0 spiro atoms. The van der Waals surface area contributed by atoms with Gasteiger partial charge >= 0.3 is 5.97 Å². The first kappa shape index (κ1) is 12.0. The number of aromatic carboxylic acids is 1. The lowest BCUT2D eigenvalue weighted by Crippen LogP contribution is -2.14. The van der Waals surface area contributed by atoms with E-state index >= 15 is 0 Å². The van der Waals surface area contributed by atoms with Crippen molar-refractivity contribution in [2.45, 2.75) is 12.8 Å². The molecule has 0 aromatic heterocycles. The average Bonchev–Trinajstić information content (AvgIpc) is 3.12. The van der Waals surface area contributed by atoms with E-state index in [1.165, 1.54) is 6.07 Å². The highest BCUT2D eigenvalue weighted by molar-refractivity contribution is 5.97. The molecule has 2 rings (SSSR count). The van der Waals surface area contributed by atoms with Crippen LogP contribution in [0, 0.1) is 16.0 Å². The van der Waals surface area contributed by atoms with Crippen LogP contribution in [-0.4, -0.2) is 21.9 Å². The Bertz CT molecular complexity index is 536. The van der Waals surface area contributed by atoms with Gasteiger partial charge in [-0.25, -0.2) is 4.79 Å². The van der Waals surface area contributed by atoms with Crippen molar-refractivity contribution < 1.29 is 19.6 Å². The summed E-state index contributed by atoms with van der Waals surface area (Å²) in [5, 5.41) is 22.1. The summed E-state index contributed by atoms with van der Waals surface area (Å²) in [5.41, 5.74) is -0.691. The van der Waals surface area contributed by atoms with E-state index in [2.05, 4.69) is 5.32 Å². The molecule has 0 unspecified atom stereocenters. The Morgan fingerprint density at radius 2 is 2.06 bits per heavy atom. The molecule has 1 aromatic carbocycles. The van der Waals surface area contributed by atoms with E-state index in [-0.39, 0.29) is 17.5 Å². The molecule has 0 bridgehead atoms. The van der Waals surface area contributed by atoms with E-state index in [9.17, 15) is 19.7 Å². The van der Waals surface area contributed by atoms with Crippen LogP contribution < -0.4 is 5.32 Å². The molecule has 7 nitrogen and oxygen atoms in total. The summed E-state index contributed by atoms with van der Waals surface area (Å²) in [6, 6.07) is 3.52. The van der Waals surface area contributed by atoms with Gasteiger partial charge in [0.15, 0.2) is 0 Å². The quantitative estimate of drug-likeness (QED) is 0.623. The fourth-order valence-electron chi connectivity index (χ4n) is 1.53. The van der Waals surface area contributed by atoms with Gasteiger partial charge in [-0.3, -0.25) is 14.9 Å². The number of hydrogen-bond acceptors (Lipinski definition) is 4. The first-order chi connectivity index (χ1) is 8.49. The maximum Gasteiger partial charge on any atom is 0.342 e. The zero-order valence-electron chi connectivity index (χ0n) is 9.25. The Hall–Kier alpha value is -2.44. The van der Waals surface area contributed by atoms with Gasteiger partial charge in [0.1, 0.15) is 5.56 Å². The molecule has 7 heteroatoms. The molecule has 18 heavy (non-hydrogen) atoms. The van der Waals surface area contributed by atoms with Crippen molar-refractivity contribution in [2.75, 3.05) is 5.32 Å². The molecule has 0 saturated heterocycles. The molecule has 1 saturated carbocycles. The van der Waals surface area contributed by atoms with Crippen molar-refractivity contribution in [1.29, 1.82) is 0 Å². The van der Waals surface area contributed by atoms with Gasteiger partial charge in [0.2, 0.25) is 5.91 Å². The summed E-state index contributed by atoms with van der Waals surface area (Å²) in [6.07, 6.45) is 1.64. The first-order valence-electron chi connectivity index (χ1n) is 5.31. The third-order valence-electron chi connectivity index (χ3n) is 2.64. The second-order valence-electron chi connectivity index (χ2n) is 4.06. The molecule has 2 N–H and O–H groups in total. The third kappa shape index (κ3) is 2.45. The highest BCUT2D eigenvalue weighted by atomic mass is 16.6. The molecule has 0 aliphatic heterocycles. The first-order valence-corrected chi connectivity index (χ1v) is 5.31. The predicted octanol–water partition coefficient (Wildman–Crippen LogP) is 1.64. The number of carbonyl (C=O) groups excluding carboxylic acids is 1. The Morgan fingerprint density at radius 1 is 1.39 bits per heavy atom. The topological polar surface area (TPSA) is 110 Å². The van der Waals surface area contributed by atoms with Gasteiger partial charge in [-0.2, -0.15) is 0 Å². The molecular weight excluding hydrogens is 240 g/mol. The highest BCUT2D eigenvalue weighted by Gasteiger charge is 2.30. The largest absolute Gasteiger partial charge is 0.477 e. The number of nitro benzene ring substituents is 1. The SMILES string of the molecule is O=C(O)c1ccc(NC(=O)C2CC2)cc1[N+](=O)[O-]. The van der Waals surface area contributed by atoms with Crippen molar-refractivity contribution in [3.8, 4) is 0 Å². The van der Waals surface area contributed by atoms with Crippen LogP contribution >= 0.6 is 0 Å². The van der Waals surface area contributed by atoms with Crippen LogP contribution in [0.25, 0.3) is 0 Å². The minimum Gasteiger partial charge on any atom is -0.477 e. The van der Waals surface area contributed by atoms with Gasteiger partial charge < -0.3 is 10.4 Å². The lowest BCUT2D eigenvalue weighted by atomic mass is 10.1. The number of hydrogen-bond donors (Lipinski definition) is 2. The Balaban J connectivity index is 2.27. The van der Waals surface area contributed by atoms with Crippen LogP contribution in [0.2, 0.25) is 0 Å². The molecule has 0 radical (unpaired) electrons. The zero-order valence-corrected chi connectivity index (χ0v) is 9.25. The van der Waals surface area contributed by atoms with E-state index in [4.69, 9.17) is 5.11 Å². The van der Waals surface area contributed by atoms with Crippen LogP contribution in [-0.2, 0) is 4.79 Å². The number of carboxylic acid groups (broad SMARTS) is 1. The van der Waals surface area contributed by atoms with E-state index in [1.54, 1.807) is 0 Å².